The maximum Gasteiger partial charge on any atom is 0.123 e. The van der Waals surface area contributed by atoms with Crippen molar-refractivity contribution in [2.75, 3.05) is 33.3 Å². The smallest absolute Gasteiger partial charge is 0.123 e. The molecule has 2 aliphatic rings. The Morgan fingerprint density at radius 3 is 2.36 bits per heavy atom. The molecular weight excluding hydrogens is 319 g/mol. The van der Waals surface area contributed by atoms with Crippen molar-refractivity contribution in [2.24, 2.45) is 5.92 Å². The number of rotatable bonds is 4. The van der Waals surface area contributed by atoms with Gasteiger partial charge in [-0.15, -0.1) is 24.8 Å². The van der Waals surface area contributed by atoms with Gasteiger partial charge in [-0.05, 0) is 24.8 Å². The maximum absolute atomic E-state index is 5.63. The second-order valence-electron chi connectivity index (χ2n) is 6.02. The lowest BCUT2D eigenvalue weighted by atomic mass is 9.89. The first-order valence-electron chi connectivity index (χ1n) is 7.98. The van der Waals surface area contributed by atoms with E-state index < -0.39 is 0 Å². The summed E-state index contributed by atoms with van der Waals surface area (Å²) < 4.78 is 5.63. The predicted molar refractivity (Wildman–Crippen MR) is 96.6 cm³/mol. The quantitative estimate of drug-likeness (QED) is 0.899. The Balaban J connectivity index is 0.00000121. The summed E-state index contributed by atoms with van der Waals surface area (Å²) in [6.07, 6.45) is 5.52. The zero-order valence-electron chi connectivity index (χ0n) is 13.3. The minimum absolute atomic E-state index is 0. The fourth-order valence-corrected chi connectivity index (χ4v) is 3.89. The van der Waals surface area contributed by atoms with Gasteiger partial charge >= 0.3 is 0 Å². The van der Waals surface area contributed by atoms with Gasteiger partial charge in [-0.3, -0.25) is 4.90 Å². The number of para-hydroxylation sites is 1. The van der Waals surface area contributed by atoms with Crippen molar-refractivity contribution < 1.29 is 4.74 Å². The third-order valence-electron chi connectivity index (χ3n) is 4.85. The molecule has 1 saturated carbocycles. The van der Waals surface area contributed by atoms with Crippen molar-refractivity contribution in [1.29, 1.82) is 0 Å². The second kappa shape index (κ2) is 9.61. The number of hydrogen-bond acceptors (Lipinski definition) is 3. The Kier molecular flexibility index (Phi) is 8.55. The summed E-state index contributed by atoms with van der Waals surface area (Å²) in [5.74, 6) is 1.85. The number of benzene rings is 1. The highest BCUT2D eigenvalue weighted by Gasteiger charge is 2.33. The van der Waals surface area contributed by atoms with Crippen molar-refractivity contribution in [3.05, 3.63) is 29.8 Å². The Morgan fingerprint density at radius 2 is 1.73 bits per heavy atom. The molecule has 0 radical (unpaired) electrons. The van der Waals surface area contributed by atoms with E-state index in [4.69, 9.17) is 4.74 Å². The molecule has 3 rings (SSSR count). The van der Waals surface area contributed by atoms with Crippen LogP contribution < -0.4 is 10.1 Å². The summed E-state index contributed by atoms with van der Waals surface area (Å²) >= 11 is 0. The molecule has 3 nitrogen and oxygen atoms in total. The molecule has 1 aromatic carbocycles. The lowest BCUT2D eigenvalue weighted by molar-refractivity contribution is 0.123. The Bertz CT molecular complexity index is 432. The van der Waals surface area contributed by atoms with Crippen LogP contribution in [0.3, 0.4) is 0 Å². The van der Waals surface area contributed by atoms with Crippen molar-refractivity contribution in [1.82, 2.24) is 10.2 Å². The number of piperazine rings is 1. The molecule has 0 bridgehead atoms. The highest BCUT2D eigenvalue weighted by atomic mass is 35.5. The minimum atomic E-state index is 0. The van der Waals surface area contributed by atoms with Crippen LogP contribution in [0.5, 0.6) is 5.75 Å². The van der Waals surface area contributed by atoms with E-state index in [9.17, 15) is 0 Å². The third-order valence-corrected chi connectivity index (χ3v) is 4.85. The van der Waals surface area contributed by atoms with Gasteiger partial charge in [0.25, 0.3) is 0 Å². The molecule has 2 fully saturated rings. The van der Waals surface area contributed by atoms with Crippen LogP contribution in [0, 0.1) is 5.92 Å². The van der Waals surface area contributed by atoms with E-state index in [-0.39, 0.29) is 24.8 Å². The number of nitrogens with zero attached hydrogens (tertiary/aromatic N) is 1. The zero-order valence-corrected chi connectivity index (χ0v) is 14.9. The molecule has 1 aromatic rings. The molecule has 1 atom stereocenters. The highest BCUT2D eigenvalue weighted by molar-refractivity contribution is 5.85. The summed E-state index contributed by atoms with van der Waals surface area (Å²) in [6, 6.07) is 9.15. The van der Waals surface area contributed by atoms with Gasteiger partial charge in [-0.25, -0.2) is 0 Å². The van der Waals surface area contributed by atoms with E-state index in [0.717, 1.165) is 37.8 Å². The fraction of sp³-hybridized carbons (Fsp3) is 0.647. The van der Waals surface area contributed by atoms with Crippen LogP contribution in [-0.4, -0.2) is 38.2 Å². The normalized spacial score (nSPS) is 20.8. The van der Waals surface area contributed by atoms with Gasteiger partial charge in [0.15, 0.2) is 0 Å². The molecule has 1 aliphatic carbocycles. The predicted octanol–water partition coefficient (Wildman–Crippen LogP) is 3.68. The number of hydrogen-bond donors (Lipinski definition) is 1. The van der Waals surface area contributed by atoms with Gasteiger partial charge in [0, 0.05) is 37.8 Å². The molecule has 1 N–H and O–H groups in total. The first-order chi connectivity index (χ1) is 9.90. The van der Waals surface area contributed by atoms with Gasteiger partial charge in [0.05, 0.1) is 7.11 Å². The maximum atomic E-state index is 5.63. The Hall–Kier alpha value is -0.480. The zero-order chi connectivity index (χ0) is 13.8. The average Bonchev–Trinajstić information content (AvgIpc) is 3.03. The molecule has 0 aromatic heterocycles. The standard InChI is InChI=1S/C17H26N2O.2ClH/c1-20-16-9-5-4-8-15(16)17(14-6-2-3-7-14)19-12-10-18-11-13-19;;/h4-5,8-9,14,17-18H,2-3,6-7,10-13H2,1H3;2*1H/t17-;;/m1../s1. The Morgan fingerprint density at radius 1 is 1.09 bits per heavy atom. The molecule has 0 amide bonds. The van der Waals surface area contributed by atoms with Crippen LogP contribution >= 0.6 is 24.8 Å². The SMILES string of the molecule is COc1ccccc1[C@@H](C1CCCC1)N1CCNCC1.Cl.Cl. The van der Waals surface area contributed by atoms with Crippen LogP contribution in [-0.2, 0) is 0 Å². The topological polar surface area (TPSA) is 24.5 Å². The minimum Gasteiger partial charge on any atom is -0.496 e. The molecule has 1 saturated heterocycles. The third kappa shape index (κ3) is 4.29. The van der Waals surface area contributed by atoms with E-state index in [1.54, 1.807) is 7.11 Å². The summed E-state index contributed by atoms with van der Waals surface area (Å²) in [4.78, 5) is 2.67. The van der Waals surface area contributed by atoms with Crippen molar-refractivity contribution in [3.8, 4) is 5.75 Å². The molecule has 5 heteroatoms. The van der Waals surface area contributed by atoms with Crippen molar-refractivity contribution >= 4 is 24.8 Å². The average molecular weight is 347 g/mol. The van der Waals surface area contributed by atoms with Crippen LogP contribution in [0.15, 0.2) is 24.3 Å². The fourth-order valence-electron chi connectivity index (χ4n) is 3.89. The van der Waals surface area contributed by atoms with E-state index in [2.05, 4.69) is 34.5 Å². The van der Waals surface area contributed by atoms with E-state index in [1.165, 1.54) is 31.2 Å². The summed E-state index contributed by atoms with van der Waals surface area (Å²) in [6.45, 7) is 4.52. The van der Waals surface area contributed by atoms with Crippen LogP contribution in [0.4, 0.5) is 0 Å². The van der Waals surface area contributed by atoms with E-state index in [0.29, 0.717) is 6.04 Å². The molecule has 22 heavy (non-hydrogen) atoms. The number of halogens is 2. The first-order valence-corrected chi connectivity index (χ1v) is 7.98. The summed E-state index contributed by atoms with van der Waals surface area (Å²) in [7, 11) is 1.79. The lowest BCUT2D eigenvalue weighted by Crippen LogP contribution is -2.46. The Labute approximate surface area is 146 Å². The molecule has 126 valence electrons. The number of methoxy groups -OCH3 is 1. The molecular formula is C17H28Cl2N2O. The molecule has 0 unspecified atom stereocenters. The van der Waals surface area contributed by atoms with Crippen LogP contribution in [0.1, 0.15) is 37.3 Å². The van der Waals surface area contributed by atoms with Crippen LogP contribution in [0.25, 0.3) is 0 Å². The number of nitrogens with one attached hydrogen (secondary N) is 1. The van der Waals surface area contributed by atoms with Crippen molar-refractivity contribution in [3.63, 3.8) is 0 Å². The van der Waals surface area contributed by atoms with E-state index >= 15 is 0 Å². The second-order valence-corrected chi connectivity index (χ2v) is 6.02. The lowest BCUT2D eigenvalue weighted by Gasteiger charge is -2.39. The number of ether oxygens (including phenoxy) is 1. The highest BCUT2D eigenvalue weighted by Crippen LogP contribution is 2.42. The summed E-state index contributed by atoms with van der Waals surface area (Å²) in [5, 5.41) is 3.47. The van der Waals surface area contributed by atoms with E-state index in [1.807, 2.05) is 0 Å². The largest absolute Gasteiger partial charge is 0.496 e. The molecule has 1 heterocycles. The monoisotopic (exact) mass is 346 g/mol. The van der Waals surface area contributed by atoms with Gasteiger partial charge in [0.1, 0.15) is 5.75 Å². The molecule has 0 spiro atoms. The van der Waals surface area contributed by atoms with Gasteiger partial charge in [-0.1, -0.05) is 31.0 Å². The van der Waals surface area contributed by atoms with Gasteiger partial charge in [0.2, 0.25) is 0 Å². The summed E-state index contributed by atoms with van der Waals surface area (Å²) in [5.41, 5.74) is 1.39. The molecule has 1 aliphatic heterocycles. The van der Waals surface area contributed by atoms with Crippen molar-refractivity contribution in [2.45, 2.75) is 31.7 Å². The van der Waals surface area contributed by atoms with Gasteiger partial charge in [-0.2, -0.15) is 0 Å². The van der Waals surface area contributed by atoms with Gasteiger partial charge < -0.3 is 10.1 Å². The van der Waals surface area contributed by atoms with Crippen LogP contribution in [0.2, 0.25) is 0 Å². The first kappa shape index (κ1) is 19.6.